The Morgan fingerprint density at radius 3 is 1.26 bits per heavy atom. The van der Waals surface area contributed by atoms with Gasteiger partial charge in [-0.2, -0.15) is 0 Å². The topological polar surface area (TPSA) is 84.0 Å². The Morgan fingerprint density at radius 1 is 0.545 bits per heavy atom. The number of rotatable bonds is 10. The van der Waals surface area contributed by atoms with Crippen molar-refractivity contribution in [3.8, 4) is 36.2 Å². The first-order chi connectivity index (χ1) is 32.1. The number of nitrogens with zero attached hydrogens (tertiary/aromatic N) is 4. The van der Waals surface area contributed by atoms with E-state index in [1.54, 1.807) is 34.1 Å². The van der Waals surface area contributed by atoms with E-state index >= 15 is 0 Å². The molecule has 0 aliphatic carbocycles. The average Bonchev–Trinajstić information content (AvgIpc) is 3.37. The molecule has 12 rings (SSSR count). The molecule has 6 fully saturated rings. The first kappa shape index (κ1) is 45.1. The quantitative estimate of drug-likeness (QED) is 0.146. The predicted octanol–water partition coefficient (Wildman–Crippen LogP) is 8.82. The van der Waals surface area contributed by atoms with Gasteiger partial charge in [-0.15, -0.1) is 12.8 Å². The number of terminal acetylenes is 2. The molecule has 10 nitrogen and oxygen atoms in total. The minimum atomic E-state index is -0.339. The summed E-state index contributed by atoms with van der Waals surface area (Å²) in [6.07, 6.45) is 17.9. The molecule has 4 aromatic carbocycles. The summed E-state index contributed by atoms with van der Waals surface area (Å²) in [4.78, 5) is 35.2. The van der Waals surface area contributed by atoms with E-state index in [0.717, 1.165) is 111 Å². The van der Waals surface area contributed by atoms with Crippen LogP contribution in [0, 0.1) is 47.2 Å². The van der Waals surface area contributed by atoms with Crippen LogP contribution in [0.4, 0.5) is 18.4 Å². The summed E-state index contributed by atoms with van der Waals surface area (Å²) in [6, 6.07) is 23.7. The molecule has 12 heteroatoms. The second kappa shape index (κ2) is 19.8. The minimum Gasteiger partial charge on any atom is -0.481 e. The number of carbonyl (C=O) groups is 2. The van der Waals surface area contributed by atoms with Crippen molar-refractivity contribution in [2.45, 2.75) is 63.5 Å². The van der Waals surface area contributed by atoms with Gasteiger partial charge in [0.05, 0.1) is 25.3 Å². The molecule has 0 saturated carbocycles. The van der Waals surface area contributed by atoms with Gasteiger partial charge in [0, 0.05) is 23.9 Å². The van der Waals surface area contributed by atoms with Crippen molar-refractivity contribution < 1.29 is 37.3 Å². The van der Waals surface area contributed by atoms with Gasteiger partial charge in [0.15, 0.2) is 0 Å². The molecule has 0 N–H and O–H groups in total. The average molecular weight is 897 g/mol. The Hall–Kier alpha value is -6.08. The van der Waals surface area contributed by atoms with E-state index in [1.165, 1.54) is 24.3 Å². The van der Waals surface area contributed by atoms with Crippen LogP contribution in [0.5, 0.6) is 11.5 Å². The Kier molecular flexibility index (Phi) is 13.5. The third-order valence-corrected chi connectivity index (χ3v) is 14.9. The minimum absolute atomic E-state index is 0.118. The molecular formula is C54H58F2N4O6. The largest absolute Gasteiger partial charge is 0.481 e. The molecule has 6 saturated heterocycles. The van der Waals surface area contributed by atoms with Crippen molar-refractivity contribution in [1.29, 1.82) is 0 Å². The normalized spacial score (nSPS) is 25.8. The van der Waals surface area contributed by atoms with Gasteiger partial charge in [-0.1, -0.05) is 48.2 Å². The maximum absolute atomic E-state index is 13.6. The van der Waals surface area contributed by atoms with Gasteiger partial charge in [-0.25, -0.2) is 18.4 Å². The Balaban J connectivity index is 0.000000166. The van der Waals surface area contributed by atoms with Crippen molar-refractivity contribution in [2.75, 3.05) is 78.8 Å². The van der Waals surface area contributed by atoms with E-state index in [2.05, 4.69) is 21.6 Å². The van der Waals surface area contributed by atoms with Crippen LogP contribution in [0.1, 0.15) is 84.0 Å². The standard InChI is InChI=1S/2C27H29FN2O3/c2*1-2-17-32-23-7-8-24-21(18-23)9-13-30(25(24)20-3-5-22(28)6-4-20)26(31)33-19-27-10-14-29(15-11-27)16-12-27/h2*1,3-8,18,25H,9-17,19H2/t2*25-/m10/s1. The number of halogens is 2. The molecule has 8 aliphatic heterocycles. The number of hydrogen-bond donors (Lipinski definition) is 0. The van der Waals surface area contributed by atoms with Crippen LogP contribution < -0.4 is 9.47 Å². The molecule has 0 radical (unpaired) electrons. The Bertz CT molecular complexity index is 2250. The van der Waals surface area contributed by atoms with Crippen LogP contribution in [-0.2, 0) is 22.3 Å². The van der Waals surface area contributed by atoms with Gasteiger partial charge in [0.25, 0.3) is 0 Å². The summed E-state index contributed by atoms with van der Waals surface area (Å²) in [6.45, 7) is 8.96. The summed E-state index contributed by atoms with van der Waals surface area (Å²) in [5.41, 5.74) is 6.15. The highest BCUT2D eigenvalue weighted by molar-refractivity contribution is 5.71. The number of benzene rings is 4. The molecule has 0 spiro atoms. The summed E-state index contributed by atoms with van der Waals surface area (Å²) in [5, 5.41) is 0. The van der Waals surface area contributed by atoms with E-state index in [4.69, 9.17) is 31.8 Å². The molecule has 2 atom stereocenters. The zero-order chi connectivity index (χ0) is 45.7. The molecule has 2 amide bonds. The molecule has 4 bridgehead atoms. The lowest BCUT2D eigenvalue weighted by Crippen LogP contribution is -2.51. The van der Waals surface area contributed by atoms with Gasteiger partial charge in [0.2, 0.25) is 0 Å². The van der Waals surface area contributed by atoms with E-state index < -0.39 is 0 Å². The second-order valence-electron chi connectivity index (χ2n) is 18.8. The van der Waals surface area contributed by atoms with Crippen LogP contribution in [0.2, 0.25) is 0 Å². The first-order valence-electron chi connectivity index (χ1n) is 23.3. The number of piperidine rings is 6. The lowest BCUT2D eigenvalue weighted by Gasteiger charge is -2.48. The fraction of sp³-hybridized carbons (Fsp3) is 0.444. The fourth-order valence-corrected chi connectivity index (χ4v) is 10.9. The summed E-state index contributed by atoms with van der Waals surface area (Å²) in [5.74, 6) is 5.78. The summed E-state index contributed by atoms with van der Waals surface area (Å²) < 4.78 is 50.4. The third kappa shape index (κ3) is 9.87. The lowest BCUT2D eigenvalue weighted by molar-refractivity contribution is -0.0301. The van der Waals surface area contributed by atoms with Crippen LogP contribution in [0.25, 0.3) is 0 Å². The maximum atomic E-state index is 13.6. The number of hydrogen-bond acceptors (Lipinski definition) is 8. The monoisotopic (exact) mass is 896 g/mol. The molecule has 4 aromatic rings. The zero-order valence-corrected chi connectivity index (χ0v) is 37.5. The number of carbonyl (C=O) groups excluding carboxylic acids is 2. The van der Waals surface area contributed by atoms with Crippen LogP contribution >= 0.6 is 0 Å². The summed E-state index contributed by atoms with van der Waals surface area (Å²) in [7, 11) is 0. The molecule has 8 aliphatic rings. The van der Waals surface area contributed by atoms with Gasteiger partial charge in [-0.05, 0) is 173 Å². The Morgan fingerprint density at radius 2 is 0.909 bits per heavy atom. The fourth-order valence-electron chi connectivity index (χ4n) is 10.9. The first-order valence-corrected chi connectivity index (χ1v) is 23.3. The van der Waals surface area contributed by atoms with Crippen molar-refractivity contribution in [1.82, 2.24) is 19.6 Å². The van der Waals surface area contributed by atoms with Crippen molar-refractivity contribution in [3.63, 3.8) is 0 Å². The third-order valence-electron chi connectivity index (χ3n) is 14.9. The number of amides is 2. The van der Waals surface area contributed by atoms with Crippen molar-refractivity contribution in [3.05, 3.63) is 130 Å². The maximum Gasteiger partial charge on any atom is 0.410 e. The van der Waals surface area contributed by atoms with Crippen LogP contribution in [0.15, 0.2) is 84.9 Å². The molecule has 344 valence electrons. The second-order valence-corrected chi connectivity index (χ2v) is 18.8. The molecule has 0 aromatic heterocycles. The highest BCUT2D eigenvalue weighted by Gasteiger charge is 2.43. The van der Waals surface area contributed by atoms with Gasteiger partial charge in [-0.3, -0.25) is 9.80 Å². The smallest absolute Gasteiger partial charge is 0.410 e. The molecule has 0 unspecified atom stereocenters. The molecule has 8 heterocycles. The van der Waals surface area contributed by atoms with Crippen molar-refractivity contribution >= 4 is 12.2 Å². The van der Waals surface area contributed by atoms with E-state index in [9.17, 15) is 18.4 Å². The van der Waals surface area contributed by atoms with Gasteiger partial charge >= 0.3 is 12.2 Å². The van der Waals surface area contributed by atoms with E-state index in [0.29, 0.717) is 50.6 Å². The van der Waals surface area contributed by atoms with E-state index in [1.807, 2.05) is 36.4 Å². The zero-order valence-electron chi connectivity index (χ0n) is 37.5. The van der Waals surface area contributed by atoms with Gasteiger partial charge < -0.3 is 28.7 Å². The highest BCUT2D eigenvalue weighted by atomic mass is 19.1. The predicted molar refractivity (Wildman–Crippen MR) is 247 cm³/mol. The molecular weight excluding hydrogens is 839 g/mol. The Labute approximate surface area is 387 Å². The lowest BCUT2D eigenvalue weighted by atomic mass is 9.73. The van der Waals surface area contributed by atoms with Gasteiger partial charge in [0.1, 0.15) is 36.3 Å². The highest BCUT2D eigenvalue weighted by Crippen LogP contribution is 2.44. The number of ether oxygens (including phenoxy) is 4. The SMILES string of the molecule is C#CCOc1ccc2c(c1)CCN(C(=O)OCC13CCN(CC1)CC3)[C@@H]2c1ccc(F)cc1.C#CCOc1ccc2c(c1)CCN(C(=O)OCC13CCN(CC1)CC3)[C@H]2c1ccc(F)cc1. The van der Waals surface area contributed by atoms with Crippen LogP contribution in [-0.4, -0.2) is 111 Å². The van der Waals surface area contributed by atoms with E-state index in [-0.39, 0.29) is 59.9 Å². The van der Waals surface area contributed by atoms with Crippen LogP contribution in [0.3, 0.4) is 0 Å². The summed E-state index contributed by atoms with van der Waals surface area (Å²) >= 11 is 0. The molecule has 66 heavy (non-hydrogen) atoms. The number of fused-ring (bicyclic) bond motifs is 8. The van der Waals surface area contributed by atoms with Crippen molar-refractivity contribution in [2.24, 2.45) is 10.8 Å².